The summed E-state index contributed by atoms with van der Waals surface area (Å²) < 4.78 is 0. The van der Waals surface area contributed by atoms with Gasteiger partial charge in [-0.05, 0) is 12.8 Å². The molecule has 0 atom stereocenters. The highest BCUT2D eigenvalue weighted by atomic mass is 16.1. The van der Waals surface area contributed by atoms with E-state index in [0.717, 1.165) is 19.3 Å². The molecule has 5 heteroatoms. The summed E-state index contributed by atoms with van der Waals surface area (Å²) in [6.45, 7) is 2.12. The Kier molecular flexibility index (Phi) is 2.80. The van der Waals surface area contributed by atoms with Crippen LogP contribution in [-0.4, -0.2) is 29.1 Å². The van der Waals surface area contributed by atoms with Gasteiger partial charge in [0.05, 0.1) is 6.21 Å². The number of hydrogen-bond donors (Lipinski definition) is 0. The van der Waals surface area contributed by atoms with Crippen molar-refractivity contribution in [3.05, 3.63) is 0 Å². The lowest BCUT2D eigenvalue weighted by atomic mass is 10.0. The Hall–Kier alpha value is -1.65. The van der Waals surface area contributed by atoms with Gasteiger partial charge in [-0.1, -0.05) is 19.8 Å². The van der Waals surface area contributed by atoms with Gasteiger partial charge in [0.15, 0.2) is 5.71 Å². The zero-order chi connectivity index (χ0) is 10.7. The van der Waals surface area contributed by atoms with E-state index in [1.807, 2.05) is 0 Å². The minimum absolute atomic E-state index is 0.117. The Morgan fingerprint density at radius 1 is 1.20 bits per heavy atom. The number of unbranched alkanes of at least 4 members (excludes halogenated alkanes) is 2. The molecule has 0 spiro atoms. The summed E-state index contributed by atoms with van der Waals surface area (Å²) in [4.78, 5) is 11.8. The predicted molar refractivity (Wildman–Crippen MR) is 59.9 cm³/mol. The van der Waals surface area contributed by atoms with Crippen molar-refractivity contribution in [3.63, 3.8) is 0 Å². The lowest BCUT2D eigenvalue weighted by Gasteiger charge is -2.07. The first kappa shape index (κ1) is 9.89. The van der Waals surface area contributed by atoms with Crippen molar-refractivity contribution in [2.75, 3.05) is 0 Å². The molecule has 0 unspecified atom stereocenters. The van der Waals surface area contributed by atoms with Gasteiger partial charge in [0, 0.05) is 0 Å². The molecule has 0 aliphatic carbocycles. The molecule has 2 aliphatic rings. The Morgan fingerprint density at radius 3 is 2.87 bits per heavy atom. The normalized spacial score (nSPS) is 18.5. The van der Waals surface area contributed by atoms with E-state index in [2.05, 4.69) is 27.3 Å². The van der Waals surface area contributed by atoms with Gasteiger partial charge in [0.2, 0.25) is 5.78 Å². The van der Waals surface area contributed by atoms with Crippen LogP contribution in [0.5, 0.6) is 0 Å². The van der Waals surface area contributed by atoms with Crippen molar-refractivity contribution in [1.29, 1.82) is 0 Å². The predicted octanol–water partition coefficient (Wildman–Crippen LogP) is 1.39. The second kappa shape index (κ2) is 4.25. The van der Waals surface area contributed by atoms with E-state index in [-0.39, 0.29) is 5.78 Å². The summed E-state index contributed by atoms with van der Waals surface area (Å²) in [6.07, 6.45) is 5.34. The quantitative estimate of drug-likeness (QED) is 0.638. The lowest BCUT2D eigenvalue weighted by molar-refractivity contribution is -0.107. The number of ketones is 1. The van der Waals surface area contributed by atoms with E-state index in [4.69, 9.17) is 0 Å². The number of carbonyl (C=O) groups excluding carboxylic acids is 1. The van der Waals surface area contributed by atoms with Gasteiger partial charge in [-0.2, -0.15) is 10.2 Å². The van der Waals surface area contributed by atoms with E-state index in [9.17, 15) is 4.79 Å². The minimum Gasteiger partial charge on any atom is -0.285 e. The molecule has 0 radical (unpaired) electrons. The molecular weight excluding hydrogens is 192 g/mol. The molecule has 0 saturated heterocycles. The molecule has 0 bridgehead atoms. The molecule has 2 rings (SSSR count). The van der Waals surface area contributed by atoms with Crippen molar-refractivity contribution in [2.45, 2.75) is 32.6 Å². The fraction of sp³-hybridized carbons (Fsp3) is 0.500. The maximum Gasteiger partial charge on any atom is 0.231 e. The Balaban J connectivity index is 2.06. The first-order chi connectivity index (χ1) is 7.33. The number of nitrogens with zero attached hydrogens (tertiary/aromatic N) is 4. The summed E-state index contributed by atoms with van der Waals surface area (Å²) in [5.41, 5.74) is 1.34. The van der Waals surface area contributed by atoms with Gasteiger partial charge in [-0.15, -0.1) is 10.2 Å². The fourth-order valence-electron chi connectivity index (χ4n) is 1.49. The molecule has 0 saturated carbocycles. The average Bonchev–Trinajstić information content (AvgIpc) is 2.70. The second-order valence-corrected chi connectivity index (χ2v) is 3.51. The Labute approximate surface area is 87.7 Å². The third-order valence-electron chi connectivity index (χ3n) is 2.35. The largest absolute Gasteiger partial charge is 0.285 e. The number of fused-ring (bicyclic) bond motifs is 1. The molecule has 0 aromatic rings. The smallest absolute Gasteiger partial charge is 0.231 e. The maximum atomic E-state index is 11.8. The highest BCUT2D eigenvalue weighted by Crippen LogP contribution is 2.09. The molecule has 0 fully saturated rings. The van der Waals surface area contributed by atoms with Crippen LogP contribution < -0.4 is 0 Å². The van der Waals surface area contributed by atoms with Crippen molar-refractivity contribution < 1.29 is 4.79 Å². The van der Waals surface area contributed by atoms with Crippen molar-refractivity contribution in [1.82, 2.24) is 0 Å². The van der Waals surface area contributed by atoms with Crippen molar-refractivity contribution in [3.8, 4) is 0 Å². The summed E-state index contributed by atoms with van der Waals surface area (Å²) in [5, 5.41) is 15.2. The van der Waals surface area contributed by atoms with Crippen LogP contribution in [-0.2, 0) is 4.79 Å². The van der Waals surface area contributed by atoms with Gasteiger partial charge >= 0.3 is 0 Å². The van der Waals surface area contributed by atoms with E-state index in [1.54, 1.807) is 0 Å². The van der Waals surface area contributed by atoms with Gasteiger partial charge in [-0.3, -0.25) is 4.79 Å². The third kappa shape index (κ3) is 1.91. The second-order valence-electron chi connectivity index (χ2n) is 3.51. The number of hydrogen-bond acceptors (Lipinski definition) is 5. The fourth-order valence-corrected chi connectivity index (χ4v) is 1.49. The first-order valence-electron chi connectivity index (χ1n) is 5.13. The van der Waals surface area contributed by atoms with Crippen LogP contribution in [0.1, 0.15) is 32.6 Å². The van der Waals surface area contributed by atoms with E-state index in [0.29, 0.717) is 23.6 Å². The molecule has 2 heterocycles. The Morgan fingerprint density at radius 2 is 2.07 bits per heavy atom. The number of Topliss-reactive ketones (excluding diaryl/α,β-unsaturated/α-hetero) is 1. The highest BCUT2D eigenvalue weighted by molar-refractivity contribution is 6.89. The van der Waals surface area contributed by atoms with Crippen LogP contribution in [0.2, 0.25) is 0 Å². The molecule has 0 aromatic heterocycles. The minimum atomic E-state index is -0.117. The number of carbonyl (C=O) groups is 1. The van der Waals surface area contributed by atoms with Gasteiger partial charge in [0.1, 0.15) is 11.4 Å². The van der Waals surface area contributed by atoms with Gasteiger partial charge < -0.3 is 0 Å². The molecule has 15 heavy (non-hydrogen) atoms. The molecule has 0 amide bonds. The average molecular weight is 204 g/mol. The molecule has 5 nitrogen and oxygen atoms in total. The highest BCUT2D eigenvalue weighted by Gasteiger charge is 2.28. The van der Waals surface area contributed by atoms with E-state index < -0.39 is 0 Å². The van der Waals surface area contributed by atoms with E-state index >= 15 is 0 Å². The lowest BCUT2D eigenvalue weighted by Crippen LogP contribution is -2.32. The summed E-state index contributed by atoms with van der Waals surface area (Å²) in [5.74, 6) is -0.117. The van der Waals surface area contributed by atoms with Crippen molar-refractivity contribution in [2.24, 2.45) is 20.4 Å². The monoisotopic (exact) mass is 204 g/mol. The van der Waals surface area contributed by atoms with Crippen LogP contribution in [0, 0.1) is 0 Å². The number of rotatable bonds is 4. The van der Waals surface area contributed by atoms with Gasteiger partial charge in [0.25, 0.3) is 0 Å². The molecule has 78 valence electrons. The zero-order valence-corrected chi connectivity index (χ0v) is 8.60. The molecule has 0 N–H and O–H groups in total. The molecule has 2 aliphatic heterocycles. The van der Waals surface area contributed by atoms with Crippen LogP contribution >= 0.6 is 0 Å². The SMILES string of the molecule is CCCCCC1=NN=C2C=NN=C2C1=O. The van der Waals surface area contributed by atoms with Crippen molar-refractivity contribution >= 4 is 29.1 Å². The van der Waals surface area contributed by atoms with Crippen LogP contribution in [0.4, 0.5) is 0 Å². The summed E-state index contributed by atoms with van der Waals surface area (Å²) >= 11 is 0. The topological polar surface area (TPSA) is 66.5 Å². The molecule has 0 aromatic carbocycles. The first-order valence-corrected chi connectivity index (χ1v) is 5.13. The van der Waals surface area contributed by atoms with Gasteiger partial charge in [-0.25, -0.2) is 0 Å². The van der Waals surface area contributed by atoms with E-state index in [1.165, 1.54) is 6.21 Å². The van der Waals surface area contributed by atoms with Crippen LogP contribution in [0.3, 0.4) is 0 Å². The van der Waals surface area contributed by atoms with Crippen LogP contribution in [0.25, 0.3) is 0 Å². The summed E-state index contributed by atoms with van der Waals surface area (Å²) in [7, 11) is 0. The summed E-state index contributed by atoms with van der Waals surface area (Å²) in [6, 6.07) is 0. The van der Waals surface area contributed by atoms with Crippen LogP contribution in [0.15, 0.2) is 20.4 Å². The Bertz CT molecular complexity index is 404. The maximum absolute atomic E-state index is 11.8. The molecular formula is C10H12N4O. The standard InChI is InChI=1S/C10H12N4O/c1-2-3-4-5-7-10(15)9-8(13-12-7)6-11-14-9/h6H,2-5H2,1H3. The zero-order valence-electron chi connectivity index (χ0n) is 8.60. The third-order valence-corrected chi connectivity index (χ3v) is 2.35.